The largest absolute Gasteiger partial charge is 0.324 e. The molecule has 0 radical (unpaired) electrons. The number of hydrogen-bond acceptors (Lipinski definition) is 7. The minimum Gasteiger partial charge on any atom is -0.324 e. The molecule has 10 heteroatoms. The summed E-state index contributed by atoms with van der Waals surface area (Å²) in [5.74, 6) is 2.26. The third kappa shape index (κ3) is 3.61. The summed E-state index contributed by atoms with van der Waals surface area (Å²) in [6.07, 6.45) is 9.04. The highest BCUT2D eigenvalue weighted by Gasteiger charge is 2.28. The van der Waals surface area contributed by atoms with E-state index in [1.54, 1.807) is 24.3 Å². The SMILES string of the molecule is O=S(=O)(c1ccc(-c2ncc(Cl)c(NC3=NCC(C4CC4)=C3)n2)s1)n1cccc1. The number of aromatic nitrogens is 3. The van der Waals surface area contributed by atoms with Gasteiger partial charge in [0.05, 0.1) is 17.6 Å². The first-order valence-electron chi connectivity index (χ1n) is 9.04. The Balaban J connectivity index is 1.41. The van der Waals surface area contributed by atoms with E-state index in [0.717, 1.165) is 17.2 Å². The van der Waals surface area contributed by atoms with Gasteiger partial charge < -0.3 is 5.32 Å². The second kappa shape index (κ2) is 7.08. The van der Waals surface area contributed by atoms with Gasteiger partial charge in [-0.25, -0.2) is 13.9 Å². The molecule has 0 aromatic carbocycles. The normalized spacial score (nSPS) is 16.6. The number of thiophene rings is 1. The van der Waals surface area contributed by atoms with E-state index in [1.165, 1.54) is 41.0 Å². The van der Waals surface area contributed by atoms with Crippen LogP contribution in [0.3, 0.4) is 0 Å². The van der Waals surface area contributed by atoms with E-state index in [9.17, 15) is 8.42 Å². The number of anilines is 1. The number of aliphatic imine (C=N–C) groups is 1. The van der Waals surface area contributed by atoms with Gasteiger partial charge >= 0.3 is 0 Å². The summed E-state index contributed by atoms with van der Waals surface area (Å²) in [5, 5.41) is 3.54. The highest BCUT2D eigenvalue weighted by Crippen LogP contribution is 2.38. The van der Waals surface area contributed by atoms with Crippen molar-refractivity contribution in [2.45, 2.75) is 17.1 Å². The Labute approximate surface area is 176 Å². The fourth-order valence-electron chi connectivity index (χ4n) is 3.08. The van der Waals surface area contributed by atoms with E-state index in [2.05, 4.69) is 26.4 Å². The topological polar surface area (TPSA) is 89.2 Å². The zero-order chi connectivity index (χ0) is 20.0. The highest BCUT2D eigenvalue weighted by atomic mass is 35.5. The van der Waals surface area contributed by atoms with Crippen LogP contribution in [0, 0.1) is 5.92 Å². The smallest absolute Gasteiger partial charge is 0.277 e. The summed E-state index contributed by atoms with van der Waals surface area (Å²) in [4.78, 5) is 13.9. The van der Waals surface area contributed by atoms with E-state index in [1.807, 2.05) is 0 Å². The second-order valence-electron chi connectivity index (χ2n) is 6.85. The van der Waals surface area contributed by atoms with Crippen molar-refractivity contribution in [1.29, 1.82) is 0 Å². The average Bonchev–Trinajstić information content (AvgIpc) is 3.14. The van der Waals surface area contributed by atoms with Crippen molar-refractivity contribution in [3.63, 3.8) is 0 Å². The monoisotopic (exact) mass is 445 g/mol. The van der Waals surface area contributed by atoms with Crippen molar-refractivity contribution in [3.05, 3.63) is 59.5 Å². The Morgan fingerprint density at radius 3 is 2.76 bits per heavy atom. The maximum absolute atomic E-state index is 12.7. The molecule has 7 nitrogen and oxygen atoms in total. The lowest BCUT2D eigenvalue weighted by Gasteiger charge is -2.07. The van der Waals surface area contributed by atoms with Crippen molar-refractivity contribution >= 4 is 44.6 Å². The van der Waals surface area contributed by atoms with Crippen LogP contribution in [0.4, 0.5) is 5.82 Å². The Hall–Kier alpha value is -2.49. The van der Waals surface area contributed by atoms with Crippen LogP contribution in [-0.4, -0.2) is 34.7 Å². The molecular formula is C19H16ClN5O2S2. The third-order valence-corrected chi connectivity index (χ3v) is 8.23. The van der Waals surface area contributed by atoms with Crippen molar-refractivity contribution in [1.82, 2.24) is 13.9 Å². The Morgan fingerprint density at radius 2 is 2.00 bits per heavy atom. The number of rotatable bonds is 5. The van der Waals surface area contributed by atoms with Crippen LogP contribution in [-0.2, 0) is 10.0 Å². The van der Waals surface area contributed by atoms with Crippen LogP contribution in [0.25, 0.3) is 10.7 Å². The Bertz CT molecular complexity index is 1240. The molecule has 1 N–H and O–H groups in total. The van der Waals surface area contributed by atoms with E-state index in [-0.39, 0.29) is 4.21 Å². The van der Waals surface area contributed by atoms with Gasteiger partial charge in [0, 0.05) is 12.4 Å². The van der Waals surface area contributed by atoms with Gasteiger partial charge in [-0.2, -0.15) is 8.42 Å². The third-order valence-electron chi connectivity index (χ3n) is 4.76. The lowest BCUT2D eigenvalue weighted by Crippen LogP contribution is -2.10. The average molecular weight is 446 g/mol. The Kier molecular flexibility index (Phi) is 4.53. The molecule has 1 saturated carbocycles. The molecule has 1 aliphatic carbocycles. The molecule has 1 aliphatic heterocycles. The van der Waals surface area contributed by atoms with Crippen molar-refractivity contribution in [2.24, 2.45) is 10.9 Å². The fourth-order valence-corrected chi connectivity index (χ4v) is 5.75. The van der Waals surface area contributed by atoms with Gasteiger partial charge in [0.2, 0.25) is 0 Å². The maximum Gasteiger partial charge on any atom is 0.277 e. The number of halogens is 1. The number of nitrogens with one attached hydrogen (secondary N) is 1. The molecular weight excluding hydrogens is 430 g/mol. The predicted molar refractivity (Wildman–Crippen MR) is 114 cm³/mol. The lowest BCUT2D eigenvalue weighted by atomic mass is 10.2. The number of amidine groups is 1. The van der Waals surface area contributed by atoms with Gasteiger partial charge in [-0.05, 0) is 54.7 Å². The molecule has 5 rings (SSSR count). The summed E-state index contributed by atoms with van der Waals surface area (Å²) < 4.78 is 26.7. The van der Waals surface area contributed by atoms with Gasteiger partial charge in [0.15, 0.2) is 11.6 Å². The van der Waals surface area contributed by atoms with Gasteiger partial charge in [-0.15, -0.1) is 11.3 Å². The fraction of sp³-hybridized carbons (Fsp3) is 0.211. The molecule has 0 unspecified atom stereocenters. The Morgan fingerprint density at radius 1 is 1.21 bits per heavy atom. The maximum atomic E-state index is 12.7. The standard InChI is InChI=1S/C19H16ClN5O2S2/c20-14-11-22-19(24-18(14)23-16-9-13(10-21-16)12-3-4-12)15-5-6-17(28-15)29(26,27)25-7-1-2-8-25/h1-2,5-9,11-12H,3-4,10H2,(H,21,22,23,24). The number of nitrogens with zero attached hydrogens (tertiary/aromatic N) is 4. The van der Waals surface area contributed by atoms with Crippen LogP contribution in [0.5, 0.6) is 0 Å². The van der Waals surface area contributed by atoms with Crippen molar-refractivity contribution < 1.29 is 8.42 Å². The van der Waals surface area contributed by atoms with Crippen LogP contribution >= 0.6 is 22.9 Å². The second-order valence-corrected chi connectivity index (χ2v) is 10.4. The van der Waals surface area contributed by atoms with Gasteiger partial charge in [0.25, 0.3) is 10.0 Å². The molecule has 3 aromatic heterocycles. The zero-order valence-corrected chi connectivity index (χ0v) is 17.5. The summed E-state index contributed by atoms with van der Waals surface area (Å²) in [6.45, 7) is 0.716. The highest BCUT2D eigenvalue weighted by molar-refractivity contribution is 7.92. The van der Waals surface area contributed by atoms with E-state index in [0.29, 0.717) is 34.0 Å². The van der Waals surface area contributed by atoms with Gasteiger partial charge in [0.1, 0.15) is 15.1 Å². The van der Waals surface area contributed by atoms with Crippen LogP contribution in [0.2, 0.25) is 5.02 Å². The van der Waals surface area contributed by atoms with Crippen LogP contribution in [0.15, 0.2) is 63.7 Å². The first-order valence-corrected chi connectivity index (χ1v) is 11.7. The summed E-state index contributed by atoms with van der Waals surface area (Å²) in [5.41, 5.74) is 1.34. The molecule has 3 aromatic rings. The molecule has 0 atom stereocenters. The van der Waals surface area contributed by atoms with E-state index >= 15 is 0 Å². The summed E-state index contributed by atoms with van der Waals surface area (Å²) in [6, 6.07) is 6.60. The van der Waals surface area contributed by atoms with Gasteiger partial charge in [-0.3, -0.25) is 4.99 Å². The first-order chi connectivity index (χ1) is 14.0. The molecule has 4 heterocycles. The molecule has 1 fully saturated rings. The predicted octanol–water partition coefficient (Wildman–Crippen LogP) is 4.06. The van der Waals surface area contributed by atoms with Crippen LogP contribution < -0.4 is 5.32 Å². The van der Waals surface area contributed by atoms with Crippen molar-refractivity contribution in [2.75, 3.05) is 11.9 Å². The molecule has 29 heavy (non-hydrogen) atoms. The first kappa shape index (κ1) is 18.5. The minimum atomic E-state index is -3.62. The molecule has 0 amide bonds. The molecule has 148 valence electrons. The molecule has 0 bridgehead atoms. The van der Waals surface area contributed by atoms with E-state index in [4.69, 9.17) is 11.6 Å². The lowest BCUT2D eigenvalue weighted by molar-refractivity contribution is 0.589. The summed E-state index contributed by atoms with van der Waals surface area (Å²) >= 11 is 7.37. The number of hydrogen-bond donors (Lipinski definition) is 1. The summed E-state index contributed by atoms with van der Waals surface area (Å²) in [7, 11) is -3.62. The zero-order valence-electron chi connectivity index (χ0n) is 15.1. The molecule has 2 aliphatic rings. The molecule has 0 spiro atoms. The van der Waals surface area contributed by atoms with E-state index < -0.39 is 10.0 Å². The van der Waals surface area contributed by atoms with Crippen LogP contribution in [0.1, 0.15) is 12.8 Å². The van der Waals surface area contributed by atoms with Gasteiger partial charge in [-0.1, -0.05) is 11.6 Å². The minimum absolute atomic E-state index is 0.217. The molecule has 0 saturated heterocycles. The van der Waals surface area contributed by atoms with Crippen molar-refractivity contribution in [3.8, 4) is 10.7 Å². The quantitative estimate of drug-likeness (QED) is 0.639.